The molecule has 0 aliphatic heterocycles. The van der Waals surface area contributed by atoms with Crippen LogP contribution in [0.4, 0.5) is 4.39 Å². The molecule has 0 atom stereocenters. The number of nitrogens with one attached hydrogen (secondary N) is 1. The minimum atomic E-state index is -0.388. The van der Waals surface area contributed by atoms with Gasteiger partial charge in [-0.1, -0.05) is 6.92 Å². The van der Waals surface area contributed by atoms with E-state index in [0.717, 1.165) is 24.2 Å². The minimum Gasteiger partial charge on any atom is -0.494 e. The normalized spacial score (nSPS) is 10.5. The molecule has 1 N–H and O–H groups in total. The van der Waals surface area contributed by atoms with Gasteiger partial charge in [0.1, 0.15) is 5.82 Å². The number of rotatable bonds is 4. The van der Waals surface area contributed by atoms with Crippen molar-refractivity contribution in [2.45, 2.75) is 19.8 Å². The van der Waals surface area contributed by atoms with Gasteiger partial charge in [-0.3, -0.25) is 5.10 Å². The van der Waals surface area contributed by atoms with Gasteiger partial charge in [-0.2, -0.15) is 5.10 Å². The first kappa shape index (κ1) is 11.6. The third kappa shape index (κ3) is 2.43. The molecule has 5 heteroatoms. The molecule has 1 aromatic carbocycles. The Labute approximate surface area is 98.8 Å². The molecule has 1 heterocycles. The molecule has 4 nitrogen and oxygen atoms in total. The largest absolute Gasteiger partial charge is 0.494 e. The molecule has 0 aliphatic rings. The Balaban J connectivity index is 2.32. The van der Waals surface area contributed by atoms with E-state index >= 15 is 0 Å². The molecule has 1 aromatic heterocycles. The summed E-state index contributed by atoms with van der Waals surface area (Å²) in [5.74, 6) is 1.21. The maximum Gasteiger partial charge on any atom is 0.181 e. The molecule has 0 unspecified atom stereocenters. The van der Waals surface area contributed by atoms with Gasteiger partial charge in [-0.05, 0) is 24.6 Å². The Bertz CT molecular complexity index is 510. The fourth-order valence-corrected chi connectivity index (χ4v) is 1.57. The van der Waals surface area contributed by atoms with Gasteiger partial charge in [0.05, 0.1) is 7.11 Å². The highest BCUT2D eigenvalue weighted by atomic mass is 19.1. The average molecular weight is 235 g/mol. The molecule has 90 valence electrons. The second-order valence-corrected chi connectivity index (χ2v) is 3.71. The summed E-state index contributed by atoms with van der Waals surface area (Å²) in [7, 11) is 1.43. The van der Waals surface area contributed by atoms with Crippen LogP contribution in [-0.4, -0.2) is 22.3 Å². The van der Waals surface area contributed by atoms with Crippen LogP contribution in [-0.2, 0) is 6.42 Å². The molecule has 0 bridgehead atoms. The number of ether oxygens (including phenoxy) is 1. The van der Waals surface area contributed by atoms with E-state index in [1.807, 2.05) is 0 Å². The second-order valence-electron chi connectivity index (χ2n) is 3.71. The van der Waals surface area contributed by atoms with Crippen molar-refractivity contribution in [3.8, 4) is 17.1 Å². The van der Waals surface area contributed by atoms with E-state index in [9.17, 15) is 4.39 Å². The van der Waals surface area contributed by atoms with E-state index in [1.165, 1.54) is 13.2 Å². The number of halogens is 1. The fraction of sp³-hybridized carbons (Fsp3) is 0.333. The van der Waals surface area contributed by atoms with Crippen LogP contribution in [0, 0.1) is 5.82 Å². The van der Waals surface area contributed by atoms with E-state index < -0.39 is 0 Å². The lowest BCUT2D eigenvalue weighted by Gasteiger charge is -2.02. The number of aromatic nitrogens is 3. The lowest BCUT2D eigenvalue weighted by Crippen LogP contribution is -1.90. The zero-order chi connectivity index (χ0) is 12.3. The van der Waals surface area contributed by atoms with Crippen LogP contribution >= 0.6 is 0 Å². The van der Waals surface area contributed by atoms with Crippen LogP contribution in [0.15, 0.2) is 18.2 Å². The first-order valence-electron chi connectivity index (χ1n) is 5.49. The summed E-state index contributed by atoms with van der Waals surface area (Å²) in [5, 5.41) is 6.96. The standard InChI is InChI=1S/C12H14FN3O/c1-3-4-11-14-12(16-15-11)8-5-6-9(13)10(7-8)17-2/h5-7H,3-4H2,1-2H3,(H,14,15,16). The van der Waals surface area contributed by atoms with E-state index in [-0.39, 0.29) is 11.6 Å². The zero-order valence-electron chi connectivity index (χ0n) is 9.83. The van der Waals surface area contributed by atoms with Crippen molar-refractivity contribution >= 4 is 0 Å². The number of aryl methyl sites for hydroxylation is 1. The number of aromatic amines is 1. The molecule has 0 saturated carbocycles. The number of benzene rings is 1. The second kappa shape index (κ2) is 4.95. The number of H-pyrrole nitrogens is 1. The van der Waals surface area contributed by atoms with Crippen molar-refractivity contribution in [3.63, 3.8) is 0 Å². The summed E-state index contributed by atoms with van der Waals surface area (Å²) in [6.45, 7) is 2.07. The van der Waals surface area contributed by atoms with Crippen molar-refractivity contribution in [1.29, 1.82) is 0 Å². The lowest BCUT2D eigenvalue weighted by atomic mass is 10.2. The molecule has 0 spiro atoms. The molecule has 2 rings (SSSR count). The third-order valence-corrected chi connectivity index (χ3v) is 2.43. The zero-order valence-corrected chi connectivity index (χ0v) is 9.83. The highest BCUT2D eigenvalue weighted by Crippen LogP contribution is 2.23. The van der Waals surface area contributed by atoms with Crippen LogP contribution in [0.5, 0.6) is 5.75 Å². The van der Waals surface area contributed by atoms with E-state index in [2.05, 4.69) is 22.1 Å². The molecule has 0 aliphatic carbocycles. The maximum absolute atomic E-state index is 13.2. The van der Waals surface area contributed by atoms with Crippen LogP contribution in [0.25, 0.3) is 11.4 Å². The highest BCUT2D eigenvalue weighted by Gasteiger charge is 2.09. The van der Waals surface area contributed by atoms with Crippen LogP contribution in [0.2, 0.25) is 0 Å². The van der Waals surface area contributed by atoms with E-state index in [4.69, 9.17) is 4.74 Å². The van der Waals surface area contributed by atoms with Gasteiger partial charge in [0.25, 0.3) is 0 Å². The molecule has 0 fully saturated rings. The molecule has 0 saturated heterocycles. The first-order valence-corrected chi connectivity index (χ1v) is 5.49. The highest BCUT2D eigenvalue weighted by molar-refractivity contribution is 5.57. The summed E-state index contributed by atoms with van der Waals surface area (Å²) >= 11 is 0. The molecule has 17 heavy (non-hydrogen) atoms. The van der Waals surface area contributed by atoms with Crippen molar-refractivity contribution in [2.24, 2.45) is 0 Å². The number of methoxy groups -OCH3 is 1. The van der Waals surface area contributed by atoms with Crippen molar-refractivity contribution < 1.29 is 9.13 Å². The van der Waals surface area contributed by atoms with Gasteiger partial charge in [0.15, 0.2) is 17.4 Å². The number of nitrogens with zero attached hydrogens (tertiary/aromatic N) is 2. The number of hydrogen-bond donors (Lipinski definition) is 1. The van der Waals surface area contributed by atoms with Crippen LogP contribution < -0.4 is 4.74 Å². The molecule has 0 radical (unpaired) electrons. The Kier molecular flexibility index (Phi) is 3.37. The third-order valence-electron chi connectivity index (χ3n) is 2.43. The quantitative estimate of drug-likeness (QED) is 0.886. The number of hydrogen-bond acceptors (Lipinski definition) is 3. The summed E-state index contributed by atoms with van der Waals surface area (Å²) in [5.41, 5.74) is 0.738. The Morgan fingerprint density at radius 2 is 2.24 bits per heavy atom. The maximum atomic E-state index is 13.2. The van der Waals surface area contributed by atoms with E-state index in [1.54, 1.807) is 12.1 Å². The first-order chi connectivity index (χ1) is 8.24. The predicted molar refractivity (Wildman–Crippen MR) is 62.3 cm³/mol. The summed E-state index contributed by atoms with van der Waals surface area (Å²) < 4.78 is 18.2. The Morgan fingerprint density at radius 1 is 1.41 bits per heavy atom. The van der Waals surface area contributed by atoms with Gasteiger partial charge in [0.2, 0.25) is 0 Å². The monoisotopic (exact) mass is 235 g/mol. The summed E-state index contributed by atoms with van der Waals surface area (Å²) in [6, 6.07) is 4.58. The van der Waals surface area contributed by atoms with Crippen molar-refractivity contribution in [2.75, 3.05) is 7.11 Å². The summed E-state index contributed by atoms with van der Waals surface area (Å²) in [4.78, 5) is 4.33. The van der Waals surface area contributed by atoms with Crippen molar-refractivity contribution in [1.82, 2.24) is 15.2 Å². The van der Waals surface area contributed by atoms with Gasteiger partial charge in [0, 0.05) is 12.0 Å². The van der Waals surface area contributed by atoms with Crippen LogP contribution in [0.3, 0.4) is 0 Å². The fourth-order valence-electron chi connectivity index (χ4n) is 1.57. The Hall–Kier alpha value is -1.91. The minimum absolute atomic E-state index is 0.198. The van der Waals surface area contributed by atoms with Crippen molar-refractivity contribution in [3.05, 3.63) is 29.8 Å². The van der Waals surface area contributed by atoms with Gasteiger partial charge >= 0.3 is 0 Å². The van der Waals surface area contributed by atoms with Gasteiger partial charge in [-0.15, -0.1) is 0 Å². The van der Waals surface area contributed by atoms with Gasteiger partial charge in [-0.25, -0.2) is 9.37 Å². The predicted octanol–water partition coefficient (Wildman–Crippen LogP) is 2.57. The molecular weight excluding hydrogens is 221 g/mol. The molecule has 0 amide bonds. The molecule has 2 aromatic rings. The smallest absolute Gasteiger partial charge is 0.181 e. The van der Waals surface area contributed by atoms with Crippen LogP contribution in [0.1, 0.15) is 19.2 Å². The topological polar surface area (TPSA) is 50.8 Å². The van der Waals surface area contributed by atoms with E-state index in [0.29, 0.717) is 5.82 Å². The molecular formula is C12H14FN3O. The summed E-state index contributed by atoms with van der Waals surface area (Å²) in [6.07, 6.45) is 1.85. The lowest BCUT2D eigenvalue weighted by molar-refractivity contribution is 0.387. The Morgan fingerprint density at radius 3 is 2.94 bits per heavy atom. The SMILES string of the molecule is CCCc1nc(-c2ccc(F)c(OC)c2)n[nH]1. The average Bonchev–Trinajstić information content (AvgIpc) is 2.79. The van der Waals surface area contributed by atoms with Gasteiger partial charge < -0.3 is 4.74 Å².